The first-order chi connectivity index (χ1) is 7.78. The van der Waals surface area contributed by atoms with Gasteiger partial charge < -0.3 is 20.7 Å². The van der Waals surface area contributed by atoms with Crippen LogP contribution in [0.1, 0.15) is 33.6 Å². The molecular formula is C11H21N3O3. The molecule has 6 nitrogen and oxygen atoms in total. The maximum absolute atomic E-state index is 11.5. The smallest absolute Gasteiger partial charge is 0.407 e. The largest absolute Gasteiger partial charge is 0.446 e. The van der Waals surface area contributed by atoms with Crippen molar-refractivity contribution < 1.29 is 14.3 Å². The Labute approximate surface area is 101 Å². The number of carbonyl (C=O) groups excluding carboxylic acids is 2. The molecule has 0 atom stereocenters. The lowest BCUT2D eigenvalue weighted by atomic mass is 10.1. The number of hydrogen-bond donors (Lipinski definition) is 2. The van der Waals surface area contributed by atoms with Crippen LogP contribution < -0.4 is 11.1 Å². The Morgan fingerprint density at radius 3 is 2.24 bits per heavy atom. The third kappa shape index (κ3) is 4.93. The summed E-state index contributed by atoms with van der Waals surface area (Å²) >= 11 is 0. The molecule has 1 aliphatic rings. The molecule has 1 heterocycles. The zero-order valence-corrected chi connectivity index (χ0v) is 10.7. The van der Waals surface area contributed by atoms with E-state index in [-0.39, 0.29) is 11.6 Å². The van der Waals surface area contributed by atoms with Gasteiger partial charge >= 0.3 is 12.1 Å². The van der Waals surface area contributed by atoms with Gasteiger partial charge in [0.05, 0.1) is 0 Å². The van der Waals surface area contributed by atoms with E-state index in [1.807, 2.05) is 20.8 Å². The first-order valence-electron chi connectivity index (χ1n) is 5.81. The summed E-state index contributed by atoms with van der Waals surface area (Å²) in [4.78, 5) is 24.0. The summed E-state index contributed by atoms with van der Waals surface area (Å²) < 4.78 is 5.27. The van der Waals surface area contributed by atoms with Gasteiger partial charge in [-0.15, -0.1) is 0 Å². The zero-order chi connectivity index (χ0) is 13.1. The molecule has 17 heavy (non-hydrogen) atoms. The molecular weight excluding hydrogens is 222 g/mol. The van der Waals surface area contributed by atoms with E-state index in [4.69, 9.17) is 10.5 Å². The van der Waals surface area contributed by atoms with E-state index in [0.29, 0.717) is 25.9 Å². The van der Waals surface area contributed by atoms with E-state index in [1.165, 1.54) is 0 Å². The quantitative estimate of drug-likeness (QED) is 0.722. The Morgan fingerprint density at radius 1 is 1.29 bits per heavy atom. The summed E-state index contributed by atoms with van der Waals surface area (Å²) in [6.45, 7) is 6.77. The van der Waals surface area contributed by atoms with Gasteiger partial charge in [0.15, 0.2) is 0 Å². The maximum atomic E-state index is 11.5. The van der Waals surface area contributed by atoms with Crippen molar-refractivity contribution in [3.8, 4) is 0 Å². The molecule has 3 N–H and O–H groups in total. The van der Waals surface area contributed by atoms with Gasteiger partial charge in [-0.1, -0.05) is 0 Å². The predicted molar refractivity (Wildman–Crippen MR) is 63.5 cm³/mol. The van der Waals surface area contributed by atoms with Crippen LogP contribution in [0.25, 0.3) is 0 Å². The van der Waals surface area contributed by atoms with E-state index < -0.39 is 12.1 Å². The Balaban J connectivity index is 2.31. The third-order valence-corrected chi connectivity index (χ3v) is 2.50. The van der Waals surface area contributed by atoms with Crippen molar-refractivity contribution in [2.45, 2.75) is 45.3 Å². The van der Waals surface area contributed by atoms with E-state index in [2.05, 4.69) is 5.32 Å². The van der Waals surface area contributed by atoms with Crippen LogP contribution in [-0.4, -0.2) is 41.8 Å². The van der Waals surface area contributed by atoms with Crippen LogP contribution >= 0.6 is 0 Å². The highest BCUT2D eigenvalue weighted by Crippen LogP contribution is 2.14. The molecule has 0 aromatic carbocycles. The lowest BCUT2D eigenvalue weighted by Gasteiger charge is -2.31. The number of ether oxygens (including phenoxy) is 1. The lowest BCUT2D eigenvalue weighted by Crippen LogP contribution is -2.46. The molecule has 0 saturated carbocycles. The molecule has 6 heteroatoms. The molecule has 98 valence electrons. The summed E-state index contributed by atoms with van der Waals surface area (Å²) in [5.74, 6) is 0. The number of primary amides is 1. The highest BCUT2D eigenvalue weighted by atomic mass is 16.6. The summed E-state index contributed by atoms with van der Waals surface area (Å²) in [6, 6.07) is -0.414. The van der Waals surface area contributed by atoms with Crippen LogP contribution in [0.5, 0.6) is 0 Å². The van der Waals surface area contributed by atoms with Gasteiger partial charge in [-0.25, -0.2) is 9.59 Å². The Morgan fingerprint density at radius 2 is 1.82 bits per heavy atom. The molecule has 1 saturated heterocycles. The van der Waals surface area contributed by atoms with Crippen LogP contribution in [0.3, 0.4) is 0 Å². The number of rotatable bonds is 1. The number of nitrogens with zero attached hydrogens (tertiary/aromatic N) is 1. The number of hydrogen-bond acceptors (Lipinski definition) is 3. The van der Waals surface area contributed by atoms with Crippen LogP contribution in [0.4, 0.5) is 9.59 Å². The fourth-order valence-electron chi connectivity index (χ4n) is 1.68. The number of piperidine rings is 1. The van der Waals surface area contributed by atoms with Crippen molar-refractivity contribution in [1.82, 2.24) is 10.2 Å². The van der Waals surface area contributed by atoms with Gasteiger partial charge in [0.1, 0.15) is 6.10 Å². The molecule has 0 spiro atoms. The van der Waals surface area contributed by atoms with Gasteiger partial charge in [-0.3, -0.25) is 0 Å². The molecule has 1 aliphatic heterocycles. The molecule has 0 radical (unpaired) electrons. The number of amides is 3. The second-order valence-corrected chi connectivity index (χ2v) is 5.30. The van der Waals surface area contributed by atoms with Crippen LogP contribution in [0.15, 0.2) is 0 Å². The Kier molecular flexibility index (Phi) is 4.20. The molecule has 0 aromatic heterocycles. The number of nitrogens with two attached hydrogens (primary N) is 1. The minimum atomic E-state index is -0.414. The molecule has 1 rings (SSSR count). The highest BCUT2D eigenvalue weighted by Gasteiger charge is 2.25. The normalized spacial score (nSPS) is 17.7. The van der Waals surface area contributed by atoms with E-state index in [9.17, 15) is 9.59 Å². The van der Waals surface area contributed by atoms with Gasteiger partial charge in [0.2, 0.25) is 0 Å². The van der Waals surface area contributed by atoms with Crippen molar-refractivity contribution in [2.24, 2.45) is 5.73 Å². The predicted octanol–water partition coefficient (Wildman–Crippen LogP) is 1.05. The van der Waals surface area contributed by atoms with Crippen molar-refractivity contribution in [3.05, 3.63) is 0 Å². The Bertz CT molecular complexity index is 291. The van der Waals surface area contributed by atoms with Gasteiger partial charge in [-0.2, -0.15) is 0 Å². The fourth-order valence-corrected chi connectivity index (χ4v) is 1.68. The van der Waals surface area contributed by atoms with Gasteiger partial charge in [-0.05, 0) is 20.8 Å². The fraction of sp³-hybridized carbons (Fsp3) is 0.818. The number of urea groups is 1. The molecule has 0 unspecified atom stereocenters. The van der Waals surface area contributed by atoms with Crippen molar-refractivity contribution in [1.29, 1.82) is 0 Å². The zero-order valence-electron chi connectivity index (χ0n) is 10.7. The number of likely N-dealkylation sites (tertiary alicyclic amines) is 1. The van der Waals surface area contributed by atoms with Gasteiger partial charge in [0.25, 0.3) is 0 Å². The highest BCUT2D eigenvalue weighted by molar-refractivity contribution is 5.72. The standard InChI is InChI=1S/C11H21N3O3/c1-11(2,3)13-10(16)17-8-4-6-14(7-5-8)9(12)15/h8H,4-7H2,1-3H3,(H2,12,15)(H,13,16). The minimum Gasteiger partial charge on any atom is -0.446 e. The summed E-state index contributed by atoms with van der Waals surface area (Å²) in [5, 5.41) is 2.73. The number of carbonyl (C=O) groups is 2. The SMILES string of the molecule is CC(C)(C)NC(=O)OC1CCN(C(N)=O)CC1. The van der Waals surface area contributed by atoms with Crippen LogP contribution in [-0.2, 0) is 4.74 Å². The molecule has 1 fully saturated rings. The van der Waals surface area contributed by atoms with Crippen molar-refractivity contribution >= 4 is 12.1 Å². The third-order valence-electron chi connectivity index (χ3n) is 2.50. The second kappa shape index (κ2) is 5.25. The summed E-state index contributed by atoms with van der Waals surface area (Å²) in [6.07, 6.45) is 0.740. The topological polar surface area (TPSA) is 84.7 Å². The number of alkyl carbamates (subject to hydrolysis) is 1. The Hall–Kier alpha value is -1.46. The molecule has 0 aromatic rings. The lowest BCUT2D eigenvalue weighted by molar-refractivity contribution is 0.0559. The second-order valence-electron chi connectivity index (χ2n) is 5.30. The monoisotopic (exact) mass is 243 g/mol. The van der Waals surface area contributed by atoms with Crippen LogP contribution in [0, 0.1) is 0 Å². The summed E-state index contributed by atoms with van der Waals surface area (Å²) in [5.41, 5.74) is 4.86. The average molecular weight is 243 g/mol. The average Bonchev–Trinajstić information content (AvgIpc) is 2.15. The summed E-state index contributed by atoms with van der Waals surface area (Å²) in [7, 11) is 0. The van der Waals surface area contributed by atoms with E-state index in [0.717, 1.165) is 0 Å². The first kappa shape index (κ1) is 13.6. The van der Waals surface area contributed by atoms with Crippen molar-refractivity contribution in [3.63, 3.8) is 0 Å². The first-order valence-corrected chi connectivity index (χ1v) is 5.81. The molecule has 3 amide bonds. The molecule has 0 bridgehead atoms. The minimum absolute atomic E-state index is 0.132. The molecule has 0 aliphatic carbocycles. The maximum Gasteiger partial charge on any atom is 0.407 e. The van der Waals surface area contributed by atoms with Crippen LogP contribution in [0.2, 0.25) is 0 Å². The van der Waals surface area contributed by atoms with E-state index >= 15 is 0 Å². The van der Waals surface area contributed by atoms with Crippen molar-refractivity contribution in [2.75, 3.05) is 13.1 Å². The van der Waals surface area contributed by atoms with E-state index in [1.54, 1.807) is 4.90 Å². The number of nitrogens with one attached hydrogen (secondary N) is 1. The van der Waals surface area contributed by atoms with Gasteiger partial charge in [0, 0.05) is 31.5 Å².